The van der Waals surface area contributed by atoms with E-state index in [1.54, 1.807) is 32.5 Å². The predicted molar refractivity (Wildman–Crippen MR) is 111 cm³/mol. The molecule has 1 aliphatic heterocycles. The minimum atomic E-state index is -0.141. The molecule has 1 aromatic carbocycles. The number of hydrogen-bond donors (Lipinski definition) is 1. The molecule has 4 rings (SSSR count). The molecule has 3 aromatic rings. The standard InChI is InChI=1S/C21H27N7O2/c1-15(2)9-12-28-21(30)27-11-10-16(7-8-19(27)25-28)24-20(29)17-5-3-4-6-18(17)26-13-22-23-14-26/h3-6,13-16H,7-12H2,1-2H3,(H,24,29). The molecular formula is C21H27N7O2. The second kappa shape index (κ2) is 8.64. The molecule has 0 saturated heterocycles. The summed E-state index contributed by atoms with van der Waals surface area (Å²) in [5.74, 6) is 1.20. The molecule has 1 N–H and O–H groups in total. The van der Waals surface area contributed by atoms with Gasteiger partial charge in [0.15, 0.2) is 0 Å². The summed E-state index contributed by atoms with van der Waals surface area (Å²) >= 11 is 0. The van der Waals surface area contributed by atoms with Gasteiger partial charge in [-0.25, -0.2) is 9.48 Å². The maximum absolute atomic E-state index is 13.0. The highest BCUT2D eigenvalue weighted by Gasteiger charge is 2.23. The maximum atomic E-state index is 13.0. The van der Waals surface area contributed by atoms with Crippen LogP contribution in [0.2, 0.25) is 0 Å². The Hall–Kier alpha value is -3.23. The number of nitrogens with one attached hydrogen (secondary N) is 1. The zero-order chi connectivity index (χ0) is 21.1. The van der Waals surface area contributed by atoms with E-state index < -0.39 is 0 Å². The van der Waals surface area contributed by atoms with Crippen molar-refractivity contribution in [3.05, 3.63) is 58.8 Å². The molecule has 0 fully saturated rings. The lowest BCUT2D eigenvalue weighted by Crippen LogP contribution is -2.36. The first kappa shape index (κ1) is 20.1. The van der Waals surface area contributed by atoms with Crippen LogP contribution in [0.1, 0.15) is 49.3 Å². The number of nitrogens with zero attached hydrogens (tertiary/aromatic N) is 6. The normalized spacial score (nSPS) is 16.3. The predicted octanol–water partition coefficient (Wildman–Crippen LogP) is 1.81. The smallest absolute Gasteiger partial charge is 0.345 e. The van der Waals surface area contributed by atoms with Crippen LogP contribution in [-0.2, 0) is 19.5 Å². The number of hydrogen-bond acceptors (Lipinski definition) is 5. The lowest BCUT2D eigenvalue weighted by molar-refractivity contribution is 0.0933. The van der Waals surface area contributed by atoms with Gasteiger partial charge in [-0.2, -0.15) is 5.10 Å². The average molecular weight is 409 g/mol. The number of aromatic nitrogens is 6. The fourth-order valence-electron chi connectivity index (χ4n) is 3.78. The van der Waals surface area contributed by atoms with E-state index in [0.717, 1.165) is 24.4 Å². The zero-order valence-corrected chi connectivity index (χ0v) is 17.4. The second-order valence-corrected chi connectivity index (χ2v) is 8.14. The molecule has 158 valence electrons. The minimum Gasteiger partial charge on any atom is -0.349 e. The number of carbonyl (C=O) groups excluding carboxylic acids is 1. The number of para-hydroxylation sites is 1. The van der Waals surface area contributed by atoms with Crippen LogP contribution in [0, 0.1) is 5.92 Å². The molecule has 0 aliphatic carbocycles. The van der Waals surface area contributed by atoms with Crippen LogP contribution in [0.25, 0.3) is 5.69 Å². The molecule has 9 nitrogen and oxygen atoms in total. The molecule has 1 aliphatic rings. The Morgan fingerprint density at radius 3 is 2.73 bits per heavy atom. The van der Waals surface area contributed by atoms with Crippen molar-refractivity contribution in [2.45, 2.75) is 58.7 Å². The van der Waals surface area contributed by atoms with Crippen molar-refractivity contribution < 1.29 is 4.79 Å². The van der Waals surface area contributed by atoms with Crippen molar-refractivity contribution in [1.29, 1.82) is 0 Å². The summed E-state index contributed by atoms with van der Waals surface area (Å²) in [7, 11) is 0. The topological polar surface area (TPSA) is 99.6 Å². The van der Waals surface area contributed by atoms with Gasteiger partial charge in [0.2, 0.25) is 0 Å². The van der Waals surface area contributed by atoms with Crippen LogP contribution in [-0.4, -0.2) is 41.1 Å². The highest BCUT2D eigenvalue weighted by atomic mass is 16.2. The van der Waals surface area contributed by atoms with Crippen LogP contribution in [0.4, 0.5) is 0 Å². The number of amides is 1. The Labute approximate surface area is 174 Å². The first-order valence-corrected chi connectivity index (χ1v) is 10.4. The van der Waals surface area contributed by atoms with Gasteiger partial charge < -0.3 is 5.32 Å². The van der Waals surface area contributed by atoms with Crippen molar-refractivity contribution >= 4 is 5.91 Å². The molecule has 0 bridgehead atoms. The number of carbonyl (C=O) groups is 1. The number of fused-ring (bicyclic) bond motifs is 1. The molecule has 1 unspecified atom stereocenters. The highest BCUT2D eigenvalue weighted by Crippen LogP contribution is 2.16. The lowest BCUT2D eigenvalue weighted by atomic mass is 10.1. The molecule has 3 heterocycles. The van der Waals surface area contributed by atoms with Crippen LogP contribution in [0.3, 0.4) is 0 Å². The summed E-state index contributed by atoms with van der Waals surface area (Å²) in [6.07, 6.45) is 6.19. The third-order valence-electron chi connectivity index (χ3n) is 5.52. The largest absolute Gasteiger partial charge is 0.349 e. The number of rotatable bonds is 6. The van der Waals surface area contributed by atoms with Gasteiger partial charge in [-0.05, 0) is 37.3 Å². The molecule has 30 heavy (non-hydrogen) atoms. The average Bonchev–Trinajstić information content (AvgIpc) is 3.32. The first-order chi connectivity index (χ1) is 14.5. The van der Waals surface area contributed by atoms with E-state index in [1.807, 2.05) is 18.2 Å². The molecule has 0 spiro atoms. The summed E-state index contributed by atoms with van der Waals surface area (Å²) in [5, 5.41) is 15.3. The molecule has 1 atom stereocenters. The Morgan fingerprint density at radius 2 is 1.97 bits per heavy atom. The Bertz CT molecular complexity index is 1070. The van der Waals surface area contributed by atoms with E-state index >= 15 is 0 Å². The fourth-order valence-corrected chi connectivity index (χ4v) is 3.78. The van der Waals surface area contributed by atoms with Gasteiger partial charge in [0.1, 0.15) is 18.5 Å². The molecule has 0 radical (unpaired) electrons. The molecule has 2 aromatic heterocycles. The van der Waals surface area contributed by atoms with E-state index in [4.69, 9.17) is 0 Å². The van der Waals surface area contributed by atoms with E-state index in [0.29, 0.717) is 37.4 Å². The summed E-state index contributed by atoms with van der Waals surface area (Å²) in [5.41, 5.74) is 1.25. The fraction of sp³-hybridized carbons (Fsp3) is 0.476. The van der Waals surface area contributed by atoms with Crippen LogP contribution < -0.4 is 11.0 Å². The molecule has 0 saturated carbocycles. The van der Waals surface area contributed by atoms with Crippen LogP contribution in [0.5, 0.6) is 0 Å². The monoisotopic (exact) mass is 409 g/mol. The first-order valence-electron chi connectivity index (χ1n) is 10.4. The Morgan fingerprint density at radius 1 is 1.20 bits per heavy atom. The summed E-state index contributed by atoms with van der Waals surface area (Å²) in [6, 6.07) is 7.35. The summed E-state index contributed by atoms with van der Waals surface area (Å²) in [6.45, 7) is 5.49. The van der Waals surface area contributed by atoms with Crippen LogP contribution >= 0.6 is 0 Å². The van der Waals surface area contributed by atoms with Crippen molar-refractivity contribution in [1.82, 2.24) is 34.4 Å². The third kappa shape index (κ3) is 4.19. The molecular weight excluding hydrogens is 382 g/mol. The number of benzene rings is 1. The molecule has 1 amide bonds. The zero-order valence-electron chi connectivity index (χ0n) is 17.4. The Kier molecular flexibility index (Phi) is 5.78. The lowest BCUT2D eigenvalue weighted by Gasteiger charge is -2.17. The van der Waals surface area contributed by atoms with Gasteiger partial charge in [-0.15, -0.1) is 10.2 Å². The van der Waals surface area contributed by atoms with E-state index in [1.165, 1.54) is 0 Å². The van der Waals surface area contributed by atoms with E-state index in [-0.39, 0.29) is 17.6 Å². The van der Waals surface area contributed by atoms with Gasteiger partial charge in [0, 0.05) is 25.6 Å². The third-order valence-corrected chi connectivity index (χ3v) is 5.52. The second-order valence-electron chi connectivity index (χ2n) is 8.14. The molecule has 9 heteroatoms. The van der Waals surface area contributed by atoms with Crippen molar-refractivity contribution in [3.8, 4) is 5.69 Å². The van der Waals surface area contributed by atoms with Gasteiger partial charge in [0.25, 0.3) is 5.91 Å². The van der Waals surface area contributed by atoms with Crippen molar-refractivity contribution in [3.63, 3.8) is 0 Å². The van der Waals surface area contributed by atoms with Gasteiger partial charge >= 0.3 is 5.69 Å². The number of aryl methyl sites for hydroxylation is 2. The minimum absolute atomic E-state index is 0.0170. The highest BCUT2D eigenvalue weighted by molar-refractivity contribution is 5.97. The van der Waals surface area contributed by atoms with Gasteiger partial charge in [-0.1, -0.05) is 26.0 Å². The van der Waals surface area contributed by atoms with E-state index in [9.17, 15) is 9.59 Å². The van der Waals surface area contributed by atoms with Gasteiger partial charge in [0.05, 0.1) is 11.3 Å². The van der Waals surface area contributed by atoms with Crippen molar-refractivity contribution in [2.24, 2.45) is 5.92 Å². The summed E-state index contributed by atoms with van der Waals surface area (Å²) < 4.78 is 5.07. The Balaban J connectivity index is 1.44. The van der Waals surface area contributed by atoms with Gasteiger partial charge in [-0.3, -0.25) is 13.9 Å². The maximum Gasteiger partial charge on any atom is 0.345 e. The quantitative estimate of drug-likeness (QED) is 0.669. The van der Waals surface area contributed by atoms with Crippen LogP contribution in [0.15, 0.2) is 41.7 Å². The van der Waals surface area contributed by atoms with E-state index in [2.05, 4.69) is 34.5 Å². The summed E-state index contributed by atoms with van der Waals surface area (Å²) in [4.78, 5) is 25.6. The van der Waals surface area contributed by atoms with Crippen molar-refractivity contribution in [2.75, 3.05) is 0 Å². The SMILES string of the molecule is CC(C)CCn1nc2n(c1=O)CCC(NC(=O)c1ccccc1-n1cnnc1)CC2.